The van der Waals surface area contributed by atoms with Crippen molar-refractivity contribution in [2.75, 3.05) is 12.8 Å². The van der Waals surface area contributed by atoms with Gasteiger partial charge in [-0.25, -0.2) is 8.78 Å². The van der Waals surface area contributed by atoms with Gasteiger partial charge in [-0.1, -0.05) is 13.8 Å². The normalized spacial score (nSPS) is 13.1. The number of thioether (sulfide) groups is 1. The van der Waals surface area contributed by atoms with E-state index < -0.39 is 11.6 Å². The minimum atomic E-state index is -0.496. The van der Waals surface area contributed by atoms with Crippen LogP contribution in [-0.4, -0.2) is 24.1 Å². The van der Waals surface area contributed by atoms with Crippen LogP contribution in [-0.2, 0) is 6.42 Å². The molecule has 1 aromatic rings. The molecule has 0 bridgehead atoms. The molecule has 1 N–H and O–H groups in total. The molecule has 5 heteroatoms. The second-order valence-electron chi connectivity index (χ2n) is 4.39. The molecule has 0 radical (unpaired) electrons. The zero-order valence-corrected chi connectivity index (χ0v) is 13.2. The fourth-order valence-electron chi connectivity index (χ4n) is 1.56. The Hall–Kier alpha value is -0.130. The number of nitrogens with one attached hydrogen (secondary N) is 1. The Labute approximate surface area is 120 Å². The number of halogens is 3. The number of hydrogen-bond donors (Lipinski definition) is 1. The molecule has 0 saturated heterocycles. The lowest BCUT2D eigenvalue weighted by atomic mass is 10.1. The summed E-state index contributed by atoms with van der Waals surface area (Å²) < 4.78 is 27.8. The van der Waals surface area contributed by atoms with Crippen molar-refractivity contribution in [2.45, 2.75) is 31.6 Å². The summed E-state index contributed by atoms with van der Waals surface area (Å²) in [5.74, 6) is -0.144. The Balaban J connectivity index is 2.78. The van der Waals surface area contributed by atoms with Crippen LogP contribution in [0.4, 0.5) is 8.78 Å². The van der Waals surface area contributed by atoms with Gasteiger partial charge in [0.25, 0.3) is 0 Å². The van der Waals surface area contributed by atoms with Crippen LogP contribution in [0.25, 0.3) is 0 Å². The molecule has 0 aliphatic carbocycles. The highest BCUT2D eigenvalue weighted by Crippen LogP contribution is 2.23. The predicted octanol–water partition coefficient (Wildman–Crippen LogP) is 4.00. The van der Waals surface area contributed by atoms with Crippen molar-refractivity contribution in [1.82, 2.24) is 5.32 Å². The Morgan fingerprint density at radius 3 is 2.56 bits per heavy atom. The summed E-state index contributed by atoms with van der Waals surface area (Å²) in [6, 6.07) is 2.76. The predicted molar refractivity (Wildman–Crippen MR) is 78.2 cm³/mol. The molecule has 0 aromatic heterocycles. The lowest BCUT2D eigenvalue weighted by Crippen LogP contribution is -2.31. The molecule has 0 fully saturated rings. The first kappa shape index (κ1) is 15.9. The molecule has 18 heavy (non-hydrogen) atoms. The highest BCUT2D eigenvalue weighted by atomic mass is 79.9. The Kier molecular flexibility index (Phi) is 6.60. The maximum Gasteiger partial charge on any atom is 0.143 e. The Morgan fingerprint density at radius 2 is 2.00 bits per heavy atom. The van der Waals surface area contributed by atoms with Crippen LogP contribution in [0.1, 0.15) is 19.4 Å². The lowest BCUT2D eigenvalue weighted by molar-refractivity contribution is 0.521. The van der Waals surface area contributed by atoms with Crippen LogP contribution >= 0.6 is 27.7 Å². The fourth-order valence-corrected chi connectivity index (χ4v) is 2.83. The zero-order valence-electron chi connectivity index (χ0n) is 10.8. The second kappa shape index (κ2) is 7.46. The number of rotatable bonds is 6. The van der Waals surface area contributed by atoms with Crippen molar-refractivity contribution in [3.8, 4) is 0 Å². The molecule has 1 aromatic carbocycles. The van der Waals surface area contributed by atoms with E-state index in [1.807, 2.05) is 7.05 Å². The highest BCUT2D eigenvalue weighted by Gasteiger charge is 2.17. The van der Waals surface area contributed by atoms with Crippen molar-refractivity contribution in [2.24, 2.45) is 0 Å². The zero-order chi connectivity index (χ0) is 13.7. The van der Waals surface area contributed by atoms with Crippen LogP contribution in [0.3, 0.4) is 0 Å². The molecule has 1 nitrogen and oxygen atoms in total. The maximum atomic E-state index is 13.8. The molecular weight excluding hydrogens is 320 g/mol. The first-order chi connectivity index (χ1) is 8.45. The van der Waals surface area contributed by atoms with E-state index in [2.05, 4.69) is 35.1 Å². The quantitative estimate of drug-likeness (QED) is 0.787. The van der Waals surface area contributed by atoms with Crippen molar-refractivity contribution in [1.29, 1.82) is 0 Å². The van der Waals surface area contributed by atoms with E-state index in [9.17, 15) is 8.78 Å². The van der Waals surface area contributed by atoms with Gasteiger partial charge in [-0.2, -0.15) is 11.8 Å². The molecule has 0 spiro atoms. The van der Waals surface area contributed by atoms with E-state index in [0.29, 0.717) is 16.1 Å². The molecule has 1 atom stereocenters. The average molecular weight is 338 g/mol. The molecular formula is C13H18BrF2NS. The highest BCUT2D eigenvalue weighted by molar-refractivity contribution is 9.10. The smallest absolute Gasteiger partial charge is 0.143 e. The summed E-state index contributed by atoms with van der Waals surface area (Å²) in [7, 11) is 1.82. The van der Waals surface area contributed by atoms with E-state index in [4.69, 9.17) is 0 Å². The summed E-state index contributed by atoms with van der Waals surface area (Å²) in [5, 5.41) is 3.62. The molecule has 0 aliphatic heterocycles. The van der Waals surface area contributed by atoms with Gasteiger partial charge in [0, 0.05) is 17.4 Å². The monoisotopic (exact) mass is 337 g/mol. The van der Waals surface area contributed by atoms with Gasteiger partial charge in [-0.05, 0) is 46.8 Å². The van der Waals surface area contributed by atoms with Crippen molar-refractivity contribution in [3.63, 3.8) is 0 Å². The third-order valence-electron chi connectivity index (χ3n) is 2.63. The summed E-state index contributed by atoms with van der Waals surface area (Å²) in [5.41, 5.74) is 0.146. The first-order valence-corrected chi connectivity index (χ1v) is 7.71. The van der Waals surface area contributed by atoms with Gasteiger partial charge in [0.15, 0.2) is 0 Å². The van der Waals surface area contributed by atoms with Crippen LogP contribution < -0.4 is 5.32 Å². The molecule has 1 rings (SSSR count). The molecule has 0 heterocycles. The third-order valence-corrected chi connectivity index (χ3v) is 4.50. The Morgan fingerprint density at radius 1 is 1.33 bits per heavy atom. The van der Waals surface area contributed by atoms with Crippen molar-refractivity contribution >= 4 is 27.7 Å². The van der Waals surface area contributed by atoms with Gasteiger partial charge in [0.05, 0.1) is 4.47 Å². The van der Waals surface area contributed by atoms with E-state index in [0.717, 1.165) is 5.75 Å². The van der Waals surface area contributed by atoms with E-state index in [-0.39, 0.29) is 11.6 Å². The van der Waals surface area contributed by atoms with Gasteiger partial charge in [-0.3, -0.25) is 0 Å². The fraction of sp³-hybridized carbons (Fsp3) is 0.538. The Bertz CT molecular complexity index is 399. The third kappa shape index (κ3) is 4.52. The van der Waals surface area contributed by atoms with Gasteiger partial charge in [0.1, 0.15) is 11.6 Å². The van der Waals surface area contributed by atoms with E-state index >= 15 is 0 Å². The van der Waals surface area contributed by atoms with Crippen molar-refractivity contribution < 1.29 is 8.78 Å². The summed E-state index contributed by atoms with van der Waals surface area (Å²) in [4.78, 5) is 0. The summed E-state index contributed by atoms with van der Waals surface area (Å²) in [6.07, 6.45) is 0.354. The van der Waals surface area contributed by atoms with Gasteiger partial charge in [0.2, 0.25) is 0 Å². The van der Waals surface area contributed by atoms with E-state index in [1.54, 1.807) is 11.8 Å². The topological polar surface area (TPSA) is 12.0 Å². The van der Waals surface area contributed by atoms with Gasteiger partial charge >= 0.3 is 0 Å². The summed E-state index contributed by atoms with van der Waals surface area (Å²) in [6.45, 7) is 4.22. The molecule has 1 unspecified atom stereocenters. The minimum Gasteiger partial charge on any atom is -0.316 e. The molecule has 0 amide bonds. The maximum absolute atomic E-state index is 13.8. The number of likely N-dealkylation sites (N-methyl/N-ethyl adjacent to an activating group) is 1. The average Bonchev–Trinajstić information content (AvgIpc) is 2.33. The second-order valence-corrected chi connectivity index (χ2v) is 6.86. The van der Waals surface area contributed by atoms with Crippen molar-refractivity contribution in [3.05, 3.63) is 33.8 Å². The van der Waals surface area contributed by atoms with Crippen LogP contribution in [0.15, 0.2) is 16.6 Å². The SMILES string of the molecule is CNC(CSC(C)C)Cc1c(F)ccc(Br)c1F. The summed E-state index contributed by atoms with van der Waals surface area (Å²) >= 11 is 4.87. The molecule has 0 aliphatic rings. The van der Waals surface area contributed by atoms with Crippen LogP contribution in [0.5, 0.6) is 0 Å². The van der Waals surface area contributed by atoms with Gasteiger partial charge < -0.3 is 5.32 Å². The first-order valence-electron chi connectivity index (χ1n) is 5.87. The number of hydrogen-bond acceptors (Lipinski definition) is 2. The number of benzene rings is 1. The van der Waals surface area contributed by atoms with E-state index in [1.165, 1.54) is 12.1 Å². The molecule has 0 saturated carbocycles. The largest absolute Gasteiger partial charge is 0.316 e. The minimum absolute atomic E-state index is 0.0655. The molecule has 102 valence electrons. The van der Waals surface area contributed by atoms with Crippen LogP contribution in [0, 0.1) is 11.6 Å². The standard InChI is InChI=1S/C13H18BrF2NS/c1-8(2)18-7-9(17-3)6-10-12(15)5-4-11(14)13(10)16/h4-5,8-9,17H,6-7H2,1-3H3. The van der Waals surface area contributed by atoms with Gasteiger partial charge in [-0.15, -0.1) is 0 Å². The lowest BCUT2D eigenvalue weighted by Gasteiger charge is -2.18. The van der Waals surface area contributed by atoms with Crippen LogP contribution in [0.2, 0.25) is 0 Å².